The van der Waals surface area contributed by atoms with E-state index in [9.17, 15) is 0 Å². The number of hydrogen-bond donors (Lipinski definition) is 0. The molecule has 0 saturated carbocycles. The highest BCUT2D eigenvalue weighted by atomic mass is 16.5. The third-order valence-electron chi connectivity index (χ3n) is 1.30. The van der Waals surface area contributed by atoms with Crippen molar-refractivity contribution in [2.75, 3.05) is 0 Å². The summed E-state index contributed by atoms with van der Waals surface area (Å²) < 4.78 is 10.8. The van der Waals surface area contributed by atoms with Crippen LogP contribution in [-0.2, 0) is 0 Å². The number of ether oxygens (including phenoxy) is 2. The highest BCUT2D eigenvalue weighted by Gasteiger charge is 2.03. The molecule has 0 spiro atoms. The molecule has 4 heteroatoms. The van der Waals surface area contributed by atoms with E-state index in [-0.39, 0.29) is 12.2 Å². The van der Waals surface area contributed by atoms with Crippen molar-refractivity contribution in [3.05, 3.63) is 12.4 Å². The fraction of sp³-hybridized carbons (Fsp3) is 0.600. The minimum atomic E-state index is 0.0959. The van der Waals surface area contributed by atoms with Crippen molar-refractivity contribution in [1.82, 2.24) is 9.97 Å². The van der Waals surface area contributed by atoms with Gasteiger partial charge in [0.05, 0.1) is 24.6 Å². The fourth-order valence-corrected chi connectivity index (χ4v) is 0.928. The molecule has 0 aliphatic rings. The summed E-state index contributed by atoms with van der Waals surface area (Å²) in [6.07, 6.45) is 3.34. The average Bonchev–Trinajstić information content (AvgIpc) is 2.01. The number of rotatable bonds is 4. The summed E-state index contributed by atoms with van der Waals surface area (Å²) in [4.78, 5) is 8.12. The number of aromatic nitrogens is 2. The van der Waals surface area contributed by atoms with Gasteiger partial charge in [-0.1, -0.05) is 0 Å². The van der Waals surface area contributed by atoms with E-state index in [2.05, 4.69) is 9.97 Å². The summed E-state index contributed by atoms with van der Waals surface area (Å²) in [5, 5.41) is 0. The van der Waals surface area contributed by atoms with Gasteiger partial charge in [-0.15, -0.1) is 0 Å². The molecule has 1 aromatic heterocycles. The molecule has 0 radical (unpaired) electrons. The van der Waals surface area contributed by atoms with Crippen LogP contribution in [0.1, 0.15) is 27.7 Å². The summed E-state index contributed by atoms with van der Waals surface area (Å²) in [6.45, 7) is 7.77. The van der Waals surface area contributed by atoms with Gasteiger partial charge in [-0.25, -0.2) is 0 Å². The summed E-state index contributed by atoms with van der Waals surface area (Å²) >= 11 is 0. The van der Waals surface area contributed by atoms with Crippen molar-refractivity contribution in [3.8, 4) is 11.8 Å². The Morgan fingerprint density at radius 1 is 0.929 bits per heavy atom. The molecular weight excluding hydrogens is 180 g/mol. The third-order valence-corrected chi connectivity index (χ3v) is 1.30. The lowest BCUT2D eigenvalue weighted by Gasteiger charge is -2.11. The van der Waals surface area contributed by atoms with E-state index in [1.165, 1.54) is 0 Å². The van der Waals surface area contributed by atoms with Gasteiger partial charge in [-0.2, -0.15) is 4.98 Å². The first-order valence-corrected chi connectivity index (χ1v) is 4.73. The summed E-state index contributed by atoms with van der Waals surface area (Å²) in [5.74, 6) is 0.997. The van der Waals surface area contributed by atoms with E-state index in [0.29, 0.717) is 11.8 Å². The SMILES string of the molecule is CC(C)Oc1cncc(OC(C)C)n1. The van der Waals surface area contributed by atoms with Crippen molar-refractivity contribution in [2.45, 2.75) is 39.9 Å². The molecule has 0 fully saturated rings. The van der Waals surface area contributed by atoms with Crippen LogP contribution in [0, 0.1) is 0 Å². The van der Waals surface area contributed by atoms with E-state index in [1.54, 1.807) is 12.4 Å². The van der Waals surface area contributed by atoms with Crippen LogP contribution in [0.25, 0.3) is 0 Å². The smallest absolute Gasteiger partial charge is 0.235 e. The first-order chi connectivity index (χ1) is 6.58. The standard InChI is InChI=1S/C10H16N2O2/c1-7(2)13-9-5-11-6-10(12-9)14-8(3)4/h5-8H,1-4H3. The van der Waals surface area contributed by atoms with Crippen molar-refractivity contribution in [2.24, 2.45) is 0 Å². The topological polar surface area (TPSA) is 44.2 Å². The quantitative estimate of drug-likeness (QED) is 0.739. The molecule has 1 aromatic rings. The zero-order valence-electron chi connectivity index (χ0n) is 9.02. The van der Waals surface area contributed by atoms with Crippen molar-refractivity contribution in [3.63, 3.8) is 0 Å². The minimum Gasteiger partial charge on any atom is -0.474 e. The van der Waals surface area contributed by atoms with Gasteiger partial charge in [0.25, 0.3) is 0 Å². The molecule has 1 heterocycles. The van der Waals surface area contributed by atoms with Crippen LogP contribution in [0.4, 0.5) is 0 Å². The van der Waals surface area contributed by atoms with Gasteiger partial charge in [0, 0.05) is 0 Å². The predicted molar refractivity (Wildman–Crippen MR) is 53.6 cm³/mol. The lowest BCUT2D eigenvalue weighted by molar-refractivity contribution is 0.209. The summed E-state index contributed by atoms with van der Waals surface area (Å²) in [6, 6.07) is 0. The van der Waals surface area contributed by atoms with Crippen LogP contribution >= 0.6 is 0 Å². The molecule has 0 aromatic carbocycles. The van der Waals surface area contributed by atoms with Crippen LogP contribution < -0.4 is 9.47 Å². The van der Waals surface area contributed by atoms with Gasteiger partial charge < -0.3 is 9.47 Å². The first-order valence-electron chi connectivity index (χ1n) is 4.73. The largest absolute Gasteiger partial charge is 0.474 e. The molecule has 4 nitrogen and oxygen atoms in total. The molecule has 0 amide bonds. The molecule has 0 N–H and O–H groups in total. The van der Waals surface area contributed by atoms with Crippen LogP contribution in [0.5, 0.6) is 11.8 Å². The lowest BCUT2D eigenvalue weighted by atomic mass is 10.5. The Hall–Kier alpha value is -1.32. The van der Waals surface area contributed by atoms with Gasteiger partial charge in [-0.05, 0) is 27.7 Å². The maximum absolute atomic E-state index is 5.38. The Balaban J connectivity index is 2.68. The molecular formula is C10H16N2O2. The molecule has 0 bridgehead atoms. The first kappa shape index (κ1) is 10.8. The molecule has 0 aliphatic heterocycles. The predicted octanol–water partition coefficient (Wildman–Crippen LogP) is 2.05. The Labute approximate surface area is 84.3 Å². The van der Waals surface area contributed by atoms with Crippen LogP contribution in [0.2, 0.25) is 0 Å². The highest BCUT2D eigenvalue weighted by Crippen LogP contribution is 2.13. The van der Waals surface area contributed by atoms with Crippen molar-refractivity contribution >= 4 is 0 Å². The normalized spacial score (nSPS) is 10.7. The summed E-state index contributed by atoms with van der Waals surface area (Å²) in [7, 11) is 0. The third kappa shape index (κ3) is 3.60. The van der Waals surface area contributed by atoms with E-state index in [4.69, 9.17) is 9.47 Å². The van der Waals surface area contributed by atoms with Gasteiger partial charge in [-0.3, -0.25) is 4.98 Å². The minimum absolute atomic E-state index is 0.0959. The second-order valence-electron chi connectivity index (χ2n) is 3.53. The van der Waals surface area contributed by atoms with Gasteiger partial charge in [0.1, 0.15) is 0 Å². The van der Waals surface area contributed by atoms with Crippen LogP contribution in [0.15, 0.2) is 12.4 Å². The Morgan fingerprint density at radius 2 is 1.36 bits per heavy atom. The molecule has 0 saturated heterocycles. The van der Waals surface area contributed by atoms with E-state index < -0.39 is 0 Å². The fourth-order valence-electron chi connectivity index (χ4n) is 0.928. The molecule has 14 heavy (non-hydrogen) atoms. The number of nitrogens with zero attached hydrogens (tertiary/aromatic N) is 2. The summed E-state index contributed by atoms with van der Waals surface area (Å²) in [5.41, 5.74) is 0. The molecule has 78 valence electrons. The Kier molecular flexibility index (Phi) is 3.68. The molecule has 0 unspecified atom stereocenters. The van der Waals surface area contributed by atoms with E-state index in [0.717, 1.165) is 0 Å². The second-order valence-corrected chi connectivity index (χ2v) is 3.53. The van der Waals surface area contributed by atoms with Gasteiger partial charge in [0.15, 0.2) is 0 Å². The van der Waals surface area contributed by atoms with Crippen LogP contribution in [-0.4, -0.2) is 22.2 Å². The molecule has 0 atom stereocenters. The maximum atomic E-state index is 5.38. The highest BCUT2D eigenvalue weighted by molar-refractivity contribution is 5.12. The Bertz CT molecular complexity index is 262. The maximum Gasteiger partial charge on any atom is 0.235 e. The zero-order chi connectivity index (χ0) is 10.6. The Morgan fingerprint density at radius 3 is 1.71 bits per heavy atom. The van der Waals surface area contributed by atoms with E-state index >= 15 is 0 Å². The second kappa shape index (κ2) is 4.79. The molecule has 1 rings (SSSR count). The average molecular weight is 196 g/mol. The zero-order valence-corrected chi connectivity index (χ0v) is 9.02. The van der Waals surface area contributed by atoms with E-state index in [1.807, 2.05) is 27.7 Å². The van der Waals surface area contributed by atoms with Crippen molar-refractivity contribution < 1.29 is 9.47 Å². The van der Waals surface area contributed by atoms with Gasteiger partial charge >= 0.3 is 0 Å². The van der Waals surface area contributed by atoms with Crippen LogP contribution in [0.3, 0.4) is 0 Å². The molecule has 0 aliphatic carbocycles. The monoisotopic (exact) mass is 196 g/mol. The van der Waals surface area contributed by atoms with Crippen molar-refractivity contribution in [1.29, 1.82) is 0 Å². The number of hydrogen-bond acceptors (Lipinski definition) is 4. The van der Waals surface area contributed by atoms with Gasteiger partial charge in [0.2, 0.25) is 11.8 Å². The lowest BCUT2D eigenvalue weighted by Crippen LogP contribution is -2.10.